The molecule has 0 radical (unpaired) electrons. The van der Waals surface area contributed by atoms with Crippen LogP contribution in [0.25, 0.3) is 0 Å². The number of carbonyl (C=O) groups excluding carboxylic acids is 2. The number of aryl methyl sites for hydroxylation is 2. The monoisotopic (exact) mass is 279 g/mol. The topological polar surface area (TPSA) is 93.2 Å². The molecular weight excluding hydrogens is 258 g/mol. The molecule has 110 valence electrons. The van der Waals surface area contributed by atoms with Crippen molar-refractivity contribution >= 4 is 17.5 Å². The normalized spacial score (nSPS) is 18.4. The predicted octanol–water partition coefficient (Wildman–Crippen LogP) is -0.0847. The summed E-state index contributed by atoms with van der Waals surface area (Å²) < 4.78 is 1.54. The third kappa shape index (κ3) is 2.61. The van der Waals surface area contributed by atoms with Crippen LogP contribution in [0.15, 0.2) is 0 Å². The minimum Gasteiger partial charge on any atom is -0.395 e. The fourth-order valence-corrected chi connectivity index (χ4v) is 2.61. The molecule has 2 rings (SSSR count). The van der Waals surface area contributed by atoms with Gasteiger partial charge in [0.05, 0.1) is 11.4 Å². The summed E-state index contributed by atoms with van der Waals surface area (Å²) in [5.41, 5.74) is 7.64. The van der Waals surface area contributed by atoms with E-state index in [4.69, 9.17) is 5.73 Å². The van der Waals surface area contributed by atoms with E-state index >= 15 is 0 Å². The van der Waals surface area contributed by atoms with E-state index in [2.05, 4.69) is 10.4 Å². The lowest BCUT2D eigenvalue weighted by Crippen LogP contribution is -2.37. The molecule has 0 aliphatic carbocycles. The van der Waals surface area contributed by atoms with Crippen LogP contribution in [-0.4, -0.2) is 45.6 Å². The maximum atomic E-state index is 12.5. The van der Waals surface area contributed by atoms with Gasteiger partial charge in [0.1, 0.15) is 5.69 Å². The number of carbonyl (C=O) groups is 2. The van der Waals surface area contributed by atoms with Crippen molar-refractivity contribution in [2.24, 2.45) is 7.05 Å². The van der Waals surface area contributed by atoms with Crippen molar-refractivity contribution in [3.05, 3.63) is 11.4 Å². The molecule has 1 aliphatic heterocycles. The number of nitrogens with one attached hydrogen (secondary N) is 1. The average molecular weight is 279 g/mol. The van der Waals surface area contributed by atoms with Crippen LogP contribution < -0.4 is 11.1 Å². The van der Waals surface area contributed by atoms with E-state index in [1.165, 1.54) is 6.92 Å². The van der Waals surface area contributed by atoms with Gasteiger partial charge in [0, 0.05) is 33.1 Å². The Balaban J connectivity index is 2.13. The Morgan fingerprint density at radius 2 is 2.20 bits per heavy atom. The first-order valence-corrected chi connectivity index (χ1v) is 6.81. The largest absolute Gasteiger partial charge is 0.395 e. The van der Waals surface area contributed by atoms with E-state index in [-0.39, 0.29) is 17.9 Å². The second-order valence-electron chi connectivity index (χ2n) is 5.12. The fourth-order valence-electron chi connectivity index (χ4n) is 2.61. The second kappa shape index (κ2) is 5.52. The lowest BCUT2D eigenvalue weighted by Gasteiger charge is -2.17. The average Bonchev–Trinajstić information content (AvgIpc) is 2.93. The Morgan fingerprint density at radius 1 is 1.50 bits per heavy atom. The van der Waals surface area contributed by atoms with Crippen LogP contribution in [0.5, 0.6) is 0 Å². The molecule has 1 unspecified atom stereocenters. The summed E-state index contributed by atoms with van der Waals surface area (Å²) in [6.45, 7) is 4.58. The highest BCUT2D eigenvalue weighted by Crippen LogP contribution is 2.21. The van der Waals surface area contributed by atoms with Crippen LogP contribution in [0.1, 0.15) is 36.5 Å². The number of nitrogen functional groups attached to an aromatic ring is 1. The van der Waals surface area contributed by atoms with Crippen LogP contribution >= 0.6 is 0 Å². The second-order valence-corrected chi connectivity index (χ2v) is 5.12. The van der Waals surface area contributed by atoms with Gasteiger partial charge in [-0.25, -0.2) is 0 Å². The molecule has 1 aliphatic rings. The Morgan fingerprint density at radius 3 is 2.75 bits per heavy atom. The van der Waals surface area contributed by atoms with E-state index in [0.717, 1.165) is 12.1 Å². The predicted molar refractivity (Wildman–Crippen MR) is 75.1 cm³/mol. The molecule has 0 spiro atoms. The van der Waals surface area contributed by atoms with Crippen molar-refractivity contribution in [2.45, 2.75) is 32.7 Å². The number of hydrogen-bond acceptors (Lipinski definition) is 4. The number of amides is 2. The number of likely N-dealkylation sites (tertiary alicyclic amines) is 1. The maximum Gasteiger partial charge on any atom is 0.274 e. The van der Waals surface area contributed by atoms with Crippen molar-refractivity contribution in [1.82, 2.24) is 20.0 Å². The van der Waals surface area contributed by atoms with Crippen LogP contribution in [0, 0.1) is 0 Å². The molecule has 1 aromatic rings. The molecule has 0 bridgehead atoms. The van der Waals surface area contributed by atoms with E-state index in [0.29, 0.717) is 30.9 Å². The first-order valence-electron chi connectivity index (χ1n) is 6.81. The van der Waals surface area contributed by atoms with E-state index in [9.17, 15) is 9.59 Å². The molecular formula is C13H21N5O2. The number of aromatic nitrogens is 2. The number of anilines is 1. The third-order valence-corrected chi connectivity index (χ3v) is 3.58. The van der Waals surface area contributed by atoms with Crippen LogP contribution in [0.3, 0.4) is 0 Å². The highest BCUT2D eigenvalue weighted by atomic mass is 16.2. The molecule has 0 saturated carbocycles. The van der Waals surface area contributed by atoms with Crippen LogP contribution in [-0.2, 0) is 18.3 Å². The smallest absolute Gasteiger partial charge is 0.274 e. The van der Waals surface area contributed by atoms with Gasteiger partial charge in [-0.2, -0.15) is 5.10 Å². The summed E-state index contributed by atoms with van der Waals surface area (Å²) in [7, 11) is 1.73. The molecule has 3 N–H and O–H groups in total. The quantitative estimate of drug-likeness (QED) is 0.809. The Bertz CT molecular complexity index is 537. The minimum absolute atomic E-state index is 0.0246. The molecule has 20 heavy (non-hydrogen) atoms. The molecule has 7 nitrogen and oxygen atoms in total. The SMILES string of the molecule is CCc1nn(C)c(C(=O)N2CCC(NC(C)=O)C2)c1N. The first kappa shape index (κ1) is 14.4. The molecule has 1 fully saturated rings. The zero-order valence-electron chi connectivity index (χ0n) is 12.1. The number of nitrogens with two attached hydrogens (primary N) is 1. The lowest BCUT2D eigenvalue weighted by atomic mass is 10.2. The lowest BCUT2D eigenvalue weighted by molar-refractivity contribution is -0.119. The van der Waals surface area contributed by atoms with Gasteiger partial charge >= 0.3 is 0 Å². The van der Waals surface area contributed by atoms with Gasteiger partial charge in [-0.1, -0.05) is 6.92 Å². The fraction of sp³-hybridized carbons (Fsp3) is 0.615. The zero-order chi connectivity index (χ0) is 14.9. The summed E-state index contributed by atoms with van der Waals surface area (Å²) >= 11 is 0. The summed E-state index contributed by atoms with van der Waals surface area (Å²) in [4.78, 5) is 25.3. The van der Waals surface area contributed by atoms with Crippen LogP contribution in [0.4, 0.5) is 5.69 Å². The highest BCUT2D eigenvalue weighted by molar-refractivity contribution is 5.98. The zero-order valence-corrected chi connectivity index (χ0v) is 12.1. The van der Waals surface area contributed by atoms with Crippen molar-refractivity contribution in [1.29, 1.82) is 0 Å². The van der Waals surface area contributed by atoms with E-state index < -0.39 is 0 Å². The van der Waals surface area contributed by atoms with Crippen molar-refractivity contribution in [3.63, 3.8) is 0 Å². The van der Waals surface area contributed by atoms with Gasteiger partial charge in [-0.15, -0.1) is 0 Å². The van der Waals surface area contributed by atoms with Crippen molar-refractivity contribution < 1.29 is 9.59 Å². The molecule has 1 atom stereocenters. The molecule has 2 amide bonds. The summed E-state index contributed by atoms with van der Waals surface area (Å²) in [6, 6.07) is 0.0246. The van der Waals surface area contributed by atoms with Gasteiger partial charge < -0.3 is 16.0 Å². The molecule has 0 aromatic carbocycles. The van der Waals surface area contributed by atoms with Crippen molar-refractivity contribution in [3.8, 4) is 0 Å². The number of rotatable bonds is 3. The van der Waals surface area contributed by atoms with Crippen LogP contribution in [0.2, 0.25) is 0 Å². The Hall–Kier alpha value is -2.05. The summed E-state index contributed by atoms with van der Waals surface area (Å²) in [6.07, 6.45) is 1.46. The standard InChI is InChI=1S/C13H21N5O2/c1-4-10-11(14)12(17(3)16-10)13(20)18-6-5-9(7-18)15-8(2)19/h9H,4-7,14H2,1-3H3,(H,15,19). The maximum absolute atomic E-state index is 12.5. The van der Waals surface area contributed by atoms with E-state index in [1.54, 1.807) is 16.6 Å². The third-order valence-electron chi connectivity index (χ3n) is 3.58. The van der Waals surface area contributed by atoms with Gasteiger partial charge in [0.2, 0.25) is 5.91 Å². The summed E-state index contributed by atoms with van der Waals surface area (Å²) in [5, 5.41) is 7.10. The molecule has 1 saturated heterocycles. The van der Waals surface area contributed by atoms with Gasteiger partial charge in [-0.3, -0.25) is 14.3 Å². The first-order chi connectivity index (χ1) is 9.43. The molecule has 2 heterocycles. The molecule has 1 aromatic heterocycles. The van der Waals surface area contributed by atoms with Gasteiger partial charge in [0.15, 0.2) is 0 Å². The molecule has 7 heteroatoms. The number of nitrogens with zero attached hydrogens (tertiary/aromatic N) is 3. The minimum atomic E-state index is -0.120. The highest BCUT2D eigenvalue weighted by Gasteiger charge is 2.30. The van der Waals surface area contributed by atoms with E-state index in [1.807, 2.05) is 6.92 Å². The van der Waals surface area contributed by atoms with Gasteiger partial charge in [0.25, 0.3) is 5.91 Å². The van der Waals surface area contributed by atoms with Crippen molar-refractivity contribution in [2.75, 3.05) is 18.8 Å². The Labute approximate surface area is 118 Å². The number of hydrogen-bond donors (Lipinski definition) is 2. The van der Waals surface area contributed by atoms with Gasteiger partial charge in [-0.05, 0) is 12.8 Å². The summed E-state index contributed by atoms with van der Waals surface area (Å²) in [5.74, 6) is -0.192. The Kier molecular flexibility index (Phi) is 3.96.